The number of hydroxylamine groups is 1. The van der Waals surface area contributed by atoms with Crippen molar-refractivity contribution in [3.63, 3.8) is 0 Å². The predicted octanol–water partition coefficient (Wildman–Crippen LogP) is 1.30. The smallest absolute Gasteiger partial charge is 0.407 e. The SMILES string of the molecule is CONC(=O)N1C[C@H](N(C)C(=O)O)Cc2ccccc21. The molecule has 7 heteroatoms. The van der Waals surface area contributed by atoms with Crippen LogP contribution in [0.2, 0.25) is 0 Å². The van der Waals surface area contributed by atoms with Gasteiger partial charge in [0.2, 0.25) is 0 Å². The second-order valence-corrected chi connectivity index (χ2v) is 4.60. The zero-order valence-corrected chi connectivity index (χ0v) is 11.4. The number of carboxylic acid groups (broad SMARTS) is 1. The molecule has 1 aromatic carbocycles. The maximum Gasteiger partial charge on any atom is 0.407 e. The lowest BCUT2D eigenvalue weighted by molar-refractivity contribution is 0.108. The molecule has 0 fully saturated rings. The van der Waals surface area contributed by atoms with Crippen LogP contribution in [-0.2, 0) is 11.3 Å². The van der Waals surface area contributed by atoms with Gasteiger partial charge in [-0.25, -0.2) is 15.1 Å². The summed E-state index contributed by atoms with van der Waals surface area (Å²) in [5, 5.41) is 9.09. The summed E-state index contributed by atoms with van der Waals surface area (Å²) in [6.45, 7) is 0.287. The number of amides is 3. The summed E-state index contributed by atoms with van der Waals surface area (Å²) in [6.07, 6.45) is -0.433. The minimum Gasteiger partial charge on any atom is -0.465 e. The Morgan fingerprint density at radius 1 is 1.45 bits per heavy atom. The van der Waals surface area contributed by atoms with Gasteiger partial charge in [-0.3, -0.25) is 9.74 Å². The largest absolute Gasteiger partial charge is 0.465 e. The number of nitrogens with one attached hydrogen (secondary N) is 1. The molecule has 3 amide bonds. The molecule has 0 saturated heterocycles. The van der Waals surface area contributed by atoms with E-state index in [1.54, 1.807) is 0 Å². The third kappa shape index (κ3) is 2.67. The highest BCUT2D eigenvalue weighted by atomic mass is 16.6. The number of benzene rings is 1. The van der Waals surface area contributed by atoms with Crippen molar-refractivity contribution in [3.05, 3.63) is 29.8 Å². The van der Waals surface area contributed by atoms with Gasteiger partial charge in [0, 0.05) is 19.3 Å². The molecule has 0 bridgehead atoms. The van der Waals surface area contributed by atoms with Crippen LogP contribution in [0.3, 0.4) is 0 Å². The van der Waals surface area contributed by atoms with Gasteiger partial charge >= 0.3 is 12.1 Å². The molecule has 1 aromatic rings. The van der Waals surface area contributed by atoms with E-state index < -0.39 is 12.1 Å². The highest BCUT2D eigenvalue weighted by Gasteiger charge is 2.32. The second-order valence-electron chi connectivity index (χ2n) is 4.60. The number of fused-ring (bicyclic) bond motifs is 1. The summed E-state index contributed by atoms with van der Waals surface area (Å²) < 4.78 is 0. The van der Waals surface area contributed by atoms with Crippen molar-refractivity contribution in [2.75, 3.05) is 25.6 Å². The Kier molecular flexibility index (Phi) is 4.09. The summed E-state index contributed by atoms with van der Waals surface area (Å²) in [5.74, 6) is 0. The second kappa shape index (κ2) is 5.79. The molecule has 20 heavy (non-hydrogen) atoms. The van der Waals surface area contributed by atoms with Crippen molar-refractivity contribution >= 4 is 17.8 Å². The number of urea groups is 1. The minimum atomic E-state index is -1.01. The van der Waals surface area contributed by atoms with E-state index in [4.69, 9.17) is 5.11 Å². The van der Waals surface area contributed by atoms with Gasteiger partial charge in [0.05, 0.1) is 13.2 Å². The lowest BCUT2D eigenvalue weighted by atomic mass is 9.97. The van der Waals surface area contributed by atoms with Gasteiger partial charge in [0.25, 0.3) is 0 Å². The third-order valence-electron chi connectivity index (χ3n) is 3.42. The number of nitrogens with zero attached hydrogens (tertiary/aromatic N) is 2. The van der Waals surface area contributed by atoms with Crippen LogP contribution in [0.15, 0.2) is 24.3 Å². The van der Waals surface area contributed by atoms with Crippen LogP contribution < -0.4 is 10.4 Å². The van der Waals surface area contributed by atoms with Gasteiger partial charge < -0.3 is 10.0 Å². The molecule has 0 aliphatic carbocycles. The fourth-order valence-electron chi connectivity index (χ4n) is 2.32. The van der Waals surface area contributed by atoms with E-state index in [-0.39, 0.29) is 12.6 Å². The van der Waals surface area contributed by atoms with Gasteiger partial charge in [-0.15, -0.1) is 0 Å². The molecule has 0 saturated carbocycles. The van der Waals surface area contributed by atoms with Crippen LogP contribution >= 0.6 is 0 Å². The van der Waals surface area contributed by atoms with Gasteiger partial charge in [0.1, 0.15) is 0 Å². The molecule has 0 aromatic heterocycles. The van der Waals surface area contributed by atoms with Crippen LogP contribution in [0.4, 0.5) is 15.3 Å². The Morgan fingerprint density at radius 2 is 2.15 bits per heavy atom. The lowest BCUT2D eigenvalue weighted by Crippen LogP contribution is -2.52. The average molecular weight is 279 g/mol. The van der Waals surface area contributed by atoms with Crippen LogP contribution in [0.5, 0.6) is 0 Å². The number of para-hydroxylation sites is 1. The Balaban J connectivity index is 2.31. The van der Waals surface area contributed by atoms with E-state index >= 15 is 0 Å². The van der Waals surface area contributed by atoms with E-state index in [0.717, 1.165) is 11.3 Å². The Bertz CT molecular complexity index is 520. The molecule has 0 unspecified atom stereocenters. The van der Waals surface area contributed by atoms with Crippen molar-refractivity contribution in [3.8, 4) is 0 Å². The maximum atomic E-state index is 12.0. The lowest BCUT2D eigenvalue weighted by Gasteiger charge is -2.37. The first kappa shape index (κ1) is 14.1. The highest BCUT2D eigenvalue weighted by Crippen LogP contribution is 2.28. The summed E-state index contributed by atoms with van der Waals surface area (Å²) in [7, 11) is 2.86. The predicted molar refractivity (Wildman–Crippen MR) is 72.6 cm³/mol. The summed E-state index contributed by atoms with van der Waals surface area (Å²) in [6, 6.07) is 6.74. The zero-order valence-electron chi connectivity index (χ0n) is 11.4. The van der Waals surface area contributed by atoms with Crippen molar-refractivity contribution in [2.24, 2.45) is 0 Å². The Hall–Kier alpha value is -2.28. The first-order chi connectivity index (χ1) is 9.54. The molecule has 1 heterocycles. The number of carbonyl (C=O) groups is 2. The molecule has 1 aliphatic heterocycles. The Morgan fingerprint density at radius 3 is 2.80 bits per heavy atom. The number of hydrogen-bond acceptors (Lipinski definition) is 3. The number of rotatable bonds is 2. The standard InChI is InChI=1S/C13H17N3O4/c1-15(13(18)19)10-7-9-5-3-4-6-11(9)16(8-10)12(17)14-20-2/h3-6,10H,7-8H2,1-2H3,(H,14,17)(H,18,19)/t10-/m1/s1. The first-order valence-corrected chi connectivity index (χ1v) is 6.18. The van der Waals surface area contributed by atoms with Gasteiger partial charge in [-0.05, 0) is 18.1 Å². The number of anilines is 1. The normalized spacial score (nSPS) is 17.3. The summed E-state index contributed by atoms with van der Waals surface area (Å²) in [5.41, 5.74) is 3.97. The van der Waals surface area contributed by atoms with Crippen molar-refractivity contribution < 1.29 is 19.5 Å². The fourth-order valence-corrected chi connectivity index (χ4v) is 2.32. The van der Waals surface area contributed by atoms with Crippen LogP contribution in [0.25, 0.3) is 0 Å². The maximum absolute atomic E-state index is 12.0. The monoisotopic (exact) mass is 279 g/mol. The molecule has 108 valence electrons. The van der Waals surface area contributed by atoms with Gasteiger partial charge in [-0.1, -0.05) is 18.2 Å². The Labute approximate surface area is 116 Å². The number of likely N-dealkylation sites (N-methyl/N-ethyl adjacent to an activating group) is 1. The van der Waals surface area contributed by atoms with Gasteiger partial charge in [-0.2, -0.15) is 0 Å². The third-order valence-corrected chi connectivity index (χ3v) is 3.42. The van der Waals surface area contributed by atoms with Crippen LogP contribution in [0.1, 0.15) is 5.56 Å². The summed E-state index contributed by atoms with van der Waals surface area (Å²) >= 11 is 0. The quantitative estimate of drug-likeness (QED) is 0.799. The first-order valence-electron chi connectivity index (χ1n) is 6.18. The molecule has 0 spiro atoms. The molecule has 1 aliphatic rings. The van der Waals surface area contributed by atoms with E-state index in [0.29, 0.717) is 6.42 Å². The van der Waals surface area contributed by atoms with Crippen molar-refractivity contribution in [2.45, 2.75) is 12.5 Å². The highest BCUT2D eigenvalue weighted by molar-refractivity contribution is 5.93. The molecule has 1 atom stereocenters. The number of carbonyl (C=O) groups excluding carboxylic acids is 1. The molecule has 2 rings (SSSR count). The number of hydrogen-bond donors (Lipinski definition) is 2. The van der Waals surface area contributed by atoms with Crippen LogP contribution in [0, 0.1) is 0 Å². The molecular weight excluding hydrogens is 262 g/mol. The van der Waals surface area contributed by atoms with E-state index in [9.17, 15) is 9.59 Å². The van der Waals surface area contributed by atoms with Crippen molar-refractivity contribution in [1.29, 1.82) is 0 Å². The average Bonchev–Trinajstić information content (AvgIpc) is 2.45. The zero-order chi connectivity index (χ0) is 14.7. The minimum absolute atomic E-state index is 0.287. The summed E-state index contributed by atoms with van der Waals surface area (Å²) in [4.78, 5) is 30.5. The fraction of sp³-hybridized carbons (Fsp3) is 0.385. The van der Waals surface area contributed by atoms with Crippen molar-refractivity contribution in [1.82, 2.24) is 10.4 Å². The van der Waals surface area contributed by atoms with E-state index in [2.05, 4.69) is 10.3 Å². The molecule has 7 nitrogen and oxygen atoms in total. The van der Waals surface area contributed by atoms with Gasteiger partial charge in [0.15, 0.2) is 0 Å². The van der Waals surface area contributed by atoms with E-state index in [1.807, 2.05) is 24.3 Å². The molecule has 2 N–H and O–H groups in total. The molecular formula is C13H17N3O4. The topological polar surface area (TPSA) is 82.1 Å². The molecule has 0 radical (unpaired) electrons. The van der Waals surface area contributed by atoms with E-state index in [1.165, 1.54) is 24.0 Å². The van der Waals surface area contributed by atoms with Crippen LogP contribution in [-0.4, -0.2) is 48.9 Å².